The molecular weight excluding hydrogens is 388 g/mol. The van der Waals surface area contributed by atoms with Crippen LogP contribution in [0.25, 0.3) is 0 Å². The average molecular weight is 419 g/mol. The van der Waals surface area contributed by atoms with E-state index < -0.39 is 11.6 Å². The number of rotatable bonds is 8. The summed E-state index contributed by atoms with van der Waals surface area (Å²) in [5.74, 6) is 0.424. The fourth-order valence-corrected chi connectivity index (χ4v) is 3.24. The Morgan fingerprint density at radius 1 is 0.774 bits per heavy atom. The van der Waals surface area contributed by atoms with Gasteiger partial charge in [-0.3, -0.25) is 0 Å². The first-order valence-electron chi connectivity index (χ1n) is 10.4. The van der Waals surface area contributed by atoms with Gasteiger partial charge >= 0.3 is 5.97 Å². The van der Waals surface area contributed by atoms with E-state index in [2.05, 4.69) is 10.6 Å². The Balaban J connectivity index is 2.01. The summed E-state index contributed by atoms with van der Waals surface area (Å²) in [5.41, 5.74) is 2.08. The van der Waals surface area contributed by atoms with Crippen molar-refractivity contribution >= 4 is 17.3 Å². The number of carbonyl (C=O) groups is 1. The maximum absolute atomic E-state index is 13.3. The SMILES string of the molecule is COc1ccc([C@H](Nc2ccccc2)[C@H](Nc2ccccc2)C(=O)OC(C)(C)C)cc1. The molecular formula is C26H30N2O3. The predicted molar refractivity (Wildman–Crippen MR) is 125 cm³/mol. The molecule has 2 N–H and O–H groups in total. The van der Waals surface area contributed by atoms with Gasteiger partial charge in [0.25, 0.3) is 0 Å². The lowest BCUT2D eigenvalue weighted by Crippen LogP contribution is -2.43. The standard InChI is InChI=1S/C26H30N2O3/c1-26(2,3)31-25(29)24(28-21-13-9-6-10-14-21)23(27-20-11-7-5-8-12-20)19-15-17-22(30-4)18-16-19/h5-18,23-24,27-28H,1-4H3/t23-,24-/m0/s1. The minimum atomic E-state index is -0.671. The van der Waals surface area contributed by atoms with Crippen LogP contribution in [-0.2, 0) is 9.53 Å². The van der Waals surface area contributed by atoms with Crippen molar-refractivity contribution < 1.29 is 14.3 Å². The van der Waals surface area contributed by atoms with E-state index in [0.29, 0.717) is 0 Å². The minimum Gasteiger partial charge on any atom is -0.497 e. The van der Waals surface area contributed by atoms with Gasteiger partial charge in [-0.2, -0.15) is 0 Å². The summed E-state index contributed by atoms with van der Waals surface area (Å²) < 4.78 is 11.1. The normalized spacial score (nSPS) is 13.0. The second-order valence-corrected chi connectivity index (χ2v) is 8.28. The van der Waals surface area contributed by atoms with Crippen LogP contribution < -0.4 is 15.4 Å². The van der Waals surface area contributed by atoms with E-state index in [4.69, 9.17) is 9.47 Å². The molecule has 5 heteroatoms. The number of methoxy groups -OCH3 is 1. The quantitative estimate of drug-likeness (QED) is 0.462. The predicted octanol–water partition coefficient (Wildman–Crippen LogP) is 5.67. The Hall–Kier alpha value is -3.47. The maximum Gasteiger partial charge on any atom is 0.331 e. The summed E-state index contributed by atoms with van der Waals surface area (Å²) in [5, 5.41) is 6.90. The lowest BCUT2D eigenvalue weighted by Gasteiger charge is -2.32. The first-order chi connectivity index (χ1) is 14.9. The van der Waals surface area contributed by atoms with Crippen molar-refractivity contribution in [3.63, 3.8) is 0 Å². The first kappa shape index (κ1) is 22.2. The van der Waals surface area contributed by atoms with Gasteiger partial charge in [-0.25, -0.2) is 4.79 Å². The highest BCUT2D eigenvalue weighted by Crippen LogP contribution is 2.28. The minimum absolute atomic E-state index is 0.333. The molecule has 0 spiro atoms. The van der Waals surface area contributed by atoms with Gasteiger partial charge < -0.3 is 20.1 Å². The van der Waals surface area contributed by atoms with Crippen LogP contribution >= 0.6 is 0 Å². The zero-order valence-electron chi connectivity index (χ0n) is 18.5. The summed E-state index contributed by atoms with van der Waals surface area (Å²) >= 11 is 0. The maximum atomic E-state index is 13.3. The summed E-state index contributed by atoms with van der Waals surface area (Å²) in [6.45, 7) is 5.62. The molecule has 162 valence electrons. The number of esters is 1. The van der Waals surface area contributed by atoms with Gasteiger partial charge in [0.1, 0.15) is 17.4 Å². The fraction of sp³-hybridized carbons (Fsp3) is 0.269. The molecule has 0 heterocycles. The third kappa shape index (κ3) is 6.51. The van der Waals surface area contributed by atoms with Crippen molar-refractivity contribution in [3.8, 4) is 5.75 Å². The van der Waals surface area contributed by atoms with Crippen molar-refractivity contribution in [2.24, 2.45) is 0 Å². The summed E-state index contributed by atoms with van der Waals surface area (Å²) in [7, 11) is 1.63. The third-order valence-corrected chi connectivity index (χ3v) is 4.66. The molecule has 0 aromatic heterocycles. The van der Waals surface area contributed by atoms with Crippen molar-refractivity contribution in [3.05, 3.63) is 90.5 Å². The molecule has 5 nitrogen and oxygen atoms in total. The van der Waals surface area contributed by atoms with Gasteiger partial charge in [-0.15, -0.1) is 0 Å². The molecule has 0 saturated carbocycles. The van der Waals surface area contributed by atoms with Crippen molar-refractivity contribution in [1.29, 1.82) is 0 Å². The molecule has 2 atom stereocenters. The molecule has 0 amide bonds. The highest BCUT2D eigenvalue weighted by molar-refractivity contribution is 5.82. The van der Waals surface area contributed by atoms with Crippen molar-refractivity contribution in [2.45, 2.75) is 38.5 Å². The van der Waals surface area contributed by atoms with Gasteiger partial charge in [0, 0.05) is 11.4 Å². The number of hydrogen-bond donors (Lipinski definition) is 2. The lowest BCUT2D eigenvalue weighted by molar-refractivity contribution is -0.156. The smallest absolute Gasteiger partial charge is 0.331 e. The number of para-hydroxylation sites is 2. The monoisotopic (exact) mass is 418 g/mol. The van der Waals surface area contributed by atoms with Crippen LogP contribution in [-0.4, -0.2) is 24.7 Å². The molecule has 0 radical (unpaired) electrons. The van der Waals surface area contributed by atoms with Gasteiger partial charge in [0.05, 0.1) is 13.2 Å². The summed E-state index contributed by atoms with van der Waals surface area (Å²) in [6, 6.07) is 26.2. The van der Waals surface area contributed by atoms with Crippen LogP contribution in [0.1, 0.15) is 32.4 Å². The van der Waals surface area contributed by atoms with Crippen LogP contribution in [0.15, 0.2) is 84.9 Å². The number of ether oxygens (including phenoxy) is 2. The highest BCUT2D eigenvalue weighted by Gasteiger charge is 2.33. The Morgan fingerprint density at radius 3 is 1.77 bits per heavy atom. The van der Waals surface area contributed by atoms with Gasteiger partial charge in [-0.05, 0) is 62.7 Å². The number of hydrogen-bond acceptors (Lipinski definition) is 5. The van der Waals surface area contributed by atoms with Crippen LogP contribution in [0.3, 0.4) is 0 Å². The number of anilines is 2. The number of benzene rings is 3. The van der Waals surface area contributed by atoms with Gasteiger partial charge in [-0.1, -0.05) is 48.5 Å². The van der Waals surface area contributed by atoms with Crippen LogP contribution in [0.5, 0.6) is 5.75 Å². The van der Waals surface area contributed by atoms with Crippen molar-refractivity contribution in [2.75, 3.05) is 17.7 Å². The zero-order chi connectivity index (χ0) is 22.3. The topological polar surface area (TPSA) is 59.6 Å². The van der Waals surface area contributed by atoms with E-state index in [1.165, 1.54) is 0 Å². The van der Waals surface area contributed by atoms with Gasteiger partial charge in [0.2, 0.25) is 0 Å². The molecule has 0 aliphatic carbocycles. The molecule has 0 aliphatic heterocycles. The second-order valence-electron chi connectivity index (χ2n) is 8.28. The van der Waals surface area contributed by atoms with Crippen molar-refractivity contribution in [1.82, 2.24) is 0 Å². The number of carbonyl (C=O) groups excluding carboxylic acids is 1. The molecule has 0 unspecified atom stereocenters. The Labute approximate surface area is 184 Å². The van der Waals surface area contributed by atoms with E-state index >= 15 is 0 Å². The Morgan fingerprint density at radius 2 is 1.29 bits per heavy atom. The molecule has 0 saturated heterocycles. The lowest BCUT2D eigenvalue weighted by atomic mass is 9.97. The van der Waals surface area contributed by atoms with E-state index in [-0.39, 0.29) is 12.0 Å². The largest absolute Gasteiger partial charge is 0.497 e. The molecule has 31 heavy (non-hydrogen) atoms. The van der Waals surface area contributed by atoms with E-state index in [1.807, 2.05) is 106 Å². The van der Waals surface area contributed by atoms with Gasteiger partial charge in [0.15, 0.2) is 0 Å². The molecule has 0 fully saturated rings. The molecule has 3 aromatic carbocycles. The zero-order valence-corrected chi connectivity index (χ0v) is 18.5. The third-order valence-electron chi connectivity index (χ3n) is 4.66. The highest BCUT2D eigenvalue weighted by atomic mass is 16.6. The molecule has 0 bridgehead atoms. The molecule has 0 aliphatic rings. The fourth-order valence-electron chi connectivity index (χ4n) is 3.24. The molecule has 3 aromatic rings. The number of nitrogens with one attached hydrogen (secondary N) is 2. The van der Waals surface area contributed by atoms with E-state index in [0.717, 1.165) is 22.7 Å². The summed E-state index contributed by atoms with van der Waals surface area (Å²) in [6.07, 6.45) is 0. The average Bonchev–Trinajstić information content (AvgIpc) is 2.76. The van der Waals surface area contributed by atoms with Crippen LogP contribution in [0.4, 0.5) is 11.4 Å². The second kappa shape index (κ2) is 10.0. The van der Waals surface area contributed by atoms with E-state index in [1.54, 1.807) is 7.11 Å². The molecule has 3 rings (SSSR count). The first-order valence-corrected chi connectivity index (χ1v) is 10.4. The van der Waals surface area contributed by atoms with Crippen LogP contribution in [0, 0.1) is 0 Å². The Kier molecular flexibility index (Phi) is 7.19. The Bertz CT molecular complexity index is 951. The van der Waals surface area contributed by atoms with Crippen LogP contribution in [0.2, 0.25) is 0 Å². The summed E-state index contributed by atoms with van der Waals surface area (Å²) in [4.78, 5) is 13.3. The van der Waals surface area contributed by atoms with E-state index in [9.17, 15) is 4.79 Å².